The highest BCUT2D eigenvalue weighted by atomic mass is 28.3. The van der Waals surface area contributed by atoms with E-state index in [4.69, 9.17) is 9.47 Å². The molecule has 0 bridgehead atoms. The Balaban J connectivity index is 2.57. The van der Waals surface area contributed by atoms with Crippen LogP contribution < -0.4 is 11.2 Å². The number of nitrogens with zero attached hydrogens (tertiary/aromatic N) is 1. The smallest absolute Gasteiger partial charge is 0.330 e. The van der Waals surface area contributed by atoms with Gasteiger partial charge in [-0.2, -0.15) is 0 Å². The molecule has 1 saturated heterocycles. The van der Waals surface area contributed by atoms with Crippen LogP contribution >= 0.6 is 0 Å². The largest absolute Gasteiger partial charge is 0.386 e. The molecule has 3 atom stereocenters. The van der Waals surface area contributed by atoms with Crippen LogP contribution in [0.3, 0.4) is 0 Å². The van der Waals surface area contributed by atoms with Crippen LogP contribution in [-0.2, 0) is 14.8 Å². The monoisotopic (exact) mass is 398 g/mol. The zero-order chi connectivity index (χ0) is 20.8. The minimum absolute atomic E-state index is 0.220. The molecule has 7 nitrogen and oxygen atoms in total. The number of aromatic nitrogens is 2. The van der Waals surface area contributed by atoms with Gasteiger partial charge in [0.05, 0.1) is 21.0 Å². The molecule has 1 aliphatic heterocycles. The second-order valence-corrected chi connectivity index (χ2v) is 13.1. The summed E-state index contributed by atoms with van der Waals surface area (Å²) in [7, 11) is -1.69. The molecule has 0 aliphatic carbocycles. The molecule has 2 N–H and O–H groups in total. The van der Waals surface area contributed by atoms with Gasteiger partial charge in [0.2, 0.25) is 0 Å². The molecule has 2 heterocycles. The third-order valence-corrected chi connectivity index (χ3v) is 7.92. The first kappa shape index (κ1) is 22.1. The maximum absolute atomic E-state index is 12.6. The van der Waals surface area contributed by atoms with Crippen molar-refractivity contribution in [1.82, 2.24) is 9.55 Å². The number of nitrogens with one attached hydrogen (secondary N) is 1. The van der Waals surface area contributed by atoms with Gasteiger partial charge in [-0.1, -0.05) is 33.9 Å². The van der Waals surface area contributed by atoms with Crippen molar-refractivity contribution in [1.29, 1.82) is 0 Å². The maximum Gasteiger partial charge on any atom is 0.330 e. The highest BCUT2D eigenvalue weighted by Gasteiger charge is 2.62. The molecule has 1 aliphatic rings. The minimum atomic E-state index is -1.69. The number of rotatable bonds is 4. The van der Waals surface area contributed by atoms with Crippen molar-refractivity contribution in [3.63, 3.8) is 0 Å². The average Bonchev–Trinajstić information content (AvgIpc) is 2.79. The van der Waals surface area contributed by atoms with Crippen LogP contribution in [0.5, 0.6) is 0 Å². The topological polar surface area (TPSA) is 93.6 Å². The lowest BCUT2D eigenvalue weighted by molar-refractivity contribution is -0.160. The predicted molar refractivity (Wildman–Crippen MR) is 108 cm³/mol. The van der Waals surface area contributed by atoms with Crippen molar-refractivity contribution in [2.24, 2.45) is 5.41 Å². The fraction of sp³-hybridized carbons (Fsp3) is 0.789. The minimum Gasteiger partial charge on any atom is -0.386 e. The number of ether oxygens (including phenoxy) is 2. The third kappa shape index (κ3) is 4.13. The molecule has 2 rings (SSSR count). The van der Waals surface area contributed by atoms with Gasteiger partial charge in [0.25, 0.3) is 5.56 Å². The van der Waals surface area contributed by atoms with E-state index in [0.717, 1.165) is 0 Å². The van der Waals surface area contributed by atoms with Gasteiger partial charge in [0, 0.05) is 18.7 Å². The van der Waals surface area contributed by atoms with E-state index in [1.54, 1.807) is 0 Å². The average molecular weight is 399 g/mol. The summed E-state index contributed by atoms with van der Waals surface area (Å²) in [6.45, 7) is 16.1. The van der Waals surface area contributed by atoms with Gasteiger partial charge in [-0.15, -0.1) is 0 Å². The van der Waals surface area contributed by atoms with Crippen molar-refractivity contribution in [2.45, 2.75) is 83.7 Å². The summed E-state index contributed by atoms with van der Waals surface area (Å²) in [6.07, 6.45) is 1.16. The summed E-state index contributed by atoms with van der Waals surface area (Å²) in [5.41, 5.74) is -3.02. The van der Waals surface area contributed by atoms with Crippen LogP contribution in [0, 0.1) is 5.41 Å². The first-order valence-electron chi connectivity index (χ1n) is 9.49. The molecule has 1 fully saturated rings. The van der Waals surface area contributed by atoms with Crippen LogP contribution in [0.15, 0.2) is 21.9 Å². The van der Waals surface area contributed by atoms with Gasteiger partial charge in [-0.05, 0) is 26.2 Å². The van der Waals surface area contributed by atoms with E-state index in [9.17, 15) is 14.7 Å². The Morgan fingerprint density at radius 3 is 2.33 bits per heavy atom. The Labute approximate surface area is 162 Å². The molecular weight excluding hydrogens is 364 g/mol. The first-order chi connectivity index (χ1) is 12.1. The Bertz CT molecular complexity index is 789. The molecule has 0 unspecified atom stereocenters. The lowest BCUT2D eigenvalue weighted by Crippen LogP contribution is -2.54. The van der Waals surface area contributed by atoms with Crippen molar-refractivity contribution < 1.29 is 14.6 Å². The van der Waals surface area contributed by atoms with Gasteiger partial charge in [-0.25, -0.2) is 4.79 Å². The zero-order valence-electron chi connectivity index (χ0n) is 17.8. The normalized spacial score (nSPS) is 29.5. The Hall–Kier alpha value is -1.22. The van der Waals surface area contributed by atoms with E-state index in [1.165, 1.54) is 16.8 Å². The van der Waals surface area contributed by atoms with E-state index in [2.05, 4.69) is 18.1 Å². The number of hydrogen-bond donors (Lipinski definition) is 2. The third-order valence-electron chi connectivity index (χ3n) is 5.50. The molecule has 0 amide bonds. The molecule has 0 aromatic carbocycles. The molecule has 0 radical (unpaired) electrons. The fourth-order valence-corrected chi connectivity index (χ4v) is 5.52. The van der Waals surface area contributed by atoms with Gasteiger partial charge < -0.3 is 14.6 Å². The molecule has 0 spiro atoms. The highest BCUT2D eigenvalue weighted by Crippen LogP contribution is 2.50. The Morgan fingerprint density at radius 2 is 1.89 bits per heavy atom. The number of H-pyrrole nitrogens is 1. The molecule has 27 heavy (non-hydrogen) atoms. The van der Waals surface area contributed by atoms with E-state index < -0.39 is 42.5 Å². The lowest BCUT2D eigenvalue weighted by atomic mass is 9.72. The summed E-state index contributed by atoms with van der Waals surface area (Å²) in [5, 5.41) is 10.8. The molecule has 1 aromatic rings. The molecule has 154 valence electrons. The van der Waals surface area contributed by atoms with Crippen LogP contribution in [-0.4, -0.2) is 47.4 Å². The van der Waals surface area contributed by atoms with Crippen molar-refractivity contribution in [3.8, 4) is 0 Å². The SMILES string of the molecule is C[SiH](C)[C@]1(n2ccc(=O)[nH]c2=O)C[C@@](O)(C(C)(C)C)[C@@H](COC(C)(C)C)O1. The Kier molecular flexibility index (Phi) is 5.71. The maximum atomic E-state index is 12.6. The van der Waals surface area contributed by atoms with Crippen LogP contribution in [0.25, 0.3) is 0 Å². The molecule has 0 saturated carbocycles. The van der Waals surface area contributed by atoms with Gasteiger partial charge >= 0.3 is 5.69 Å². The van der Waals surface area contributed by atoms with Gasteiger partial charge in [0.1, 0.15) is 17.1 Å². The van der Waals surface area contributed by atoms with E-state index in [1.807, 2.05) is 41.5 Å². The van der Waals surface area contributed by atoms with Crippen LogP contribution in [0.2, 0.25) is 13.1 Å². The van der Waals surface area contributed by atoms with E-state index in [0.29, 0.717) is 0 Å². The van der Waals surface area contributed by atoms with Gasteiger partial charge in [0.15, 0.2) is 0 Å². The number of hydrogen-bond acceptors (Lipinski definition) is 5. The van der Waals surface area contributed by atoms with Crippen molar-refractivity contribution >= 4 is 8.80 Å². The summed E-state index contributed by atoms with van der Waals surface area (Å²) in [6, 6.07) is 1.32. The molecule has 1 aromatic heterocycles. The van der Waals surface area contributed by atoms with Crippen LogP contribution in [0.1, 0.15) is 48.0 Å². The Morgan fingerprint density at radius 1 is 1.30 bits per heavy atom. The summed E-state index contributed by atoms with van der Waals surface area (Å²) in [5.74, 6) is 0. The second kappa shape index (κ2) is 6.99. The first-order valence-corrected chi connectivity index (χ1v) is 12.4. The molecular formula is C19H34N2O5Si. The van der Waals surface area contributed by atoms with Crippen LogP contribution in [0.4, 0.5) is 0 Å². The number of aromatic amines is 1. The quantitative estimate of drug-likeness (QED) is 0.752. The fourth-order valence-electron chi connectivity index (χ4n) is 3.61. The summed E-state index contributed by atoms with van der Waals surface area (Å²) < 4.78 is 13.9. The van der Waals surface area contributed by atoms with Crippen molar-refractivity contribution in [3.05, 3.63) is 33.1 Å². The lowest BCUT2D eigenvalue weighted by Gasteiger charge is -2.41. The number of aliphatic hydroxyl groups is 1. The molecule has 8 heteroatoms. The zero-order valence-corrected chi connectivity index (χ0v) is 18.9. The highest BCUT2D eigenvalue weighted by molar-refractivity contribution is 6.58. The van der Waals surface area contributed by atoms with E-state index in [-0.39, 0.29) is 18.6 Å². The van der Waals surface area contributed by atoms with Gasteiger partial charge in [-0.3, -0.25) is 14.3 Å². The summed E-state index contributed by atoms with van der Waals surface area (Å²) >= 11 is 0. The second-order valence-electron chi connectivity index (χ2n) is 9.86. The predicted octanol–water partition coefficient (Wildman–Crippen LogP) is 1.60. The van der Waals surface area contributed by atoms with Crippen molar-refractivity contribution in [2.75, 3.05) is 6.61 Å². The van der Waals surface area contributed by atoms with E-state index >= 15 is 0 Å². The summed E-state index contributed by atoms with van der Waals surface area (Å²) in [4.78, 5) is 26.4. The standard InChI is InChI=1S/C19H34N2O5Si/c1-16(2,3)18(24)12-19(27(7)8,21-10-9-14(22)20-15(21)23)26-13(18)11-25-17(4,5)6/h9-10,13,24,27H,11-12H2,1-8H3,(H,20,22,23)/t13-,18+,19+/m1/s1.